The van der Waals surface area contributed by atoms with E-state index in [0.717, 1.165) is 12.1 Å². The van der Waals surface area contributed by atoms with Crippen LogP contribution in [0.25, 0.3) is 0 Å². The molecule has 1 aliphatic rings. The van der Waals surface area contributed by atoms with Crippen molar-refractivity contribution in [2.24, 2.45) is 0 Å². The van der Waals surface area contributed by atoms with E-state index in [2.05, 4.69) is 20.6 Å². The highest BCUT2D eigenvalue weighted by molar-refractivity contribution is 5.93. The molecule has 86 valence electrons. The van der Waals surface area contributed by atoms with Crippen LogP contribution in [0.2, 0.25) is 0 Å². The van der Waals surface area contributed by atoms with Gasteiger partial charge in [-0.1, -0.05) is 0 Å². The van der Waals surface area contributed by atoms with Crippen molar-refractivity contribution in [3.8, 4) is 0 Å². The summed E-state index contributed by atoms with van der Waals surface area (Å²) >= 11 is 0. The van der Waals surface area contributed by atoms with Gasteiger partial charge in [0.25, 0.3) is 0 Å². The molecule has 1 aromatic heterocycles. The number of rotatable bonds is 3. The van der Waals surface area contributed by atoms with Crippen LogP contribution in [0.5, 0.6) is 0 Å². The third-order valence-electron chi connectivity index (χ3n) is 2.42. The average Bonchev–Trinajstić information content (AvgIpc) is 2.29. The molecule has 0 bridgehead atoms. The molecule has 2 rings (SSSR count). The van der Waals surface area contributed by atoms with Crippen molar-refractivity contribution < 1.29 is 4.79 Å². The molecule has 2 amide bonds. The molecule has 0 atom stereocenters. The molecule has 2 N–H and O–H groups in total. The first-order valence-corrected chi connectivity index (χ1v) is 5.41. The lowest BCUT2D eigenvalue weighted by Crippen LogP contribution is -2.44. The lowest BCUT2D eigenvalue weighted by atomic mass is 10.2. The number of fused-ring (bicyclic) bond motifs is 1. The van der Waals surface area contributed by atoms with Gasteiger partial charge in [0.05, 0.1) is 0 Å². The minimum absolute atomic E-state index is 0.101. The van der Waals surface area contributed by atoms with Gasteiger partial charge >= 0.3 is 6.03 Å². The summed E-state index contributed by atoms with van der Waals surface area (Å²) in [5.41, 5.74) is 0.947. The van der Waals surface area contributed by atoms with Gasteiger partial charge in [0, 0.05) is 31.4 Å². The first-order valence-electron chi connectivity index (χ1n) is 5.41. The molecule has 0 aromatic carbocycles. The van der Waals surface area contributed by atoms with Crippen LogP contribution < -0.4 is 15.5 Å². The lowest BCUT2D eigenvalue weighted by molar-refractivity contribution is 0.244. The van der Waals surface area contributed by atoms with Gasteiger partial charge in [-0.15, -0.1) is 0 Å². The monoisotopic (exact) mass is 221 g/mol. The molecule has 1 aromatic rings. The fourth-order valence-electron chi connectivity index (χ4n) is 1.66. The summed E-state index contributed by atoms with van der Waals surface area (Å²) in [6, 6.07) is -0.101. The van der Waals surface area contributed by atoms with Gasteiger partial charge in [-0.25, -0.2) is 9.78 Å². The summed E-state index contributed by atoms with van der Waals surface area (Å²) in [4.78, 5) is 21.7. The Balaban J connectivity index is 2.37. The number of carbonyl (C=O) groups is 1. The van der Waals surface area contributed by atoms with E-state index in [1.807, 2.05) is 13.8 Å². The Hall–Kier alpha value is -1.85. The molecule has 0 radical (unpaired) electrons. The normalized spacial score (nSPS) is 14.4. The molecule has 0 aliphatic carbocycles. The van der Waals surface area contributed by atoms with Crippen LogP contribution in [-0.2, 0) is 6.54 Å². The summed E-state index contributed by atoms with van der Waals surface area (Å²) in [5.74, 6) is 1.27. The minimum Gasteiger partial charge on any atom is -0.354 e. The number of aromatic nitrogens is 2. The summed E-state index contributed by atoms with van der Waals surface area (Å²) < 4.78 is 0. The van der Waals surface area contributed by atoms with Gasteiger partial charge in [-0.2, -0.15) is 4.98 Å². The number of hydrogen-bond acceptors (Lipinski definition) is 4. The second-order valence-electron chi connectivity index (χ2n) is 3.48. The molecular weight excluding hydrogens is 206 g/mol. The molecule has 0 fully saturated rings. The number of urea groups is 1. The average molecular weight is 221 g/mol. The van der Waals surface area contributed by atoms with E-state index in [9.17, 15) is 4.79 Å². The SMILES string of the molecule is CCNc1ncc2c(n1)N(CC)C(=O)NC2. The van der Waals surface area contributed by atoms with E-state index in [0.29, 0.717) is 24.9 Å². The number of anilines is 2. The molecule has 2 heterocycles. The van der Waals surface area contributed by atoms with Crippen LogP contribution >= 0.6 is 0 Å². The fourth-order valence-corrected chi connectivity index (χ4v) is 1.66. The zero-order chi connectivity index (χ0) is 11.5. The number of amides is 2. The molecule has 0 spiro atoms. The molecule has 16 heavy (non-hydrogen) atoms. The summed E-state index contributed by atoms with van der Waals surface area (Å²) in [5, 5.41) is 5.81. The fraction of sp³-hybridized carbons (Fsp3) is 0.500. The van der Waals surface area contributed by atoms with Gasteiger partial charge in [0.2, 0.25) is 5.95 Å². The van der Waals surface area contributed by atoms with E-state index < -0.39 is 0 Å². The third-order valence-corrected chi connectivity index (χ3v) is 2.42. The van der Waals surface area contributed by atoms with Crippen molar-refractivity contribution in [3.63, 3.8) is 0 Å². The van der Waals surface area contributed by atoms with Crippen molar-refractivity contribution >= 4 is 17.8 Å². The Kier molecular flexibility index (Phi) is 2.89. The van der Waals surface area contributed by atoms with E-state index in [1.54, 1.807) is 11.1 Å². The first kappa shape index (κ1) is 10.7. The zero-order valence-corrected chi connectivity index (χ0v) is 9.45. The topological polar surface area (TPSA) is 70.2 Å². The minimum atomic E-state index is -0.101. The molecular formula is C10H15N5O. The largest absolute Gasteiger partial charge is 0.354 e. The van der Waals surface area contributed by atoms with Crippen LogP contribution in [0.15, 0.2) is 6.20 Å². The van der Waals surface area contributed by atoms with Crippen LogP contribution in [0.4, 0.5) is 16.6 Å². The Morgan fingerprint density at radius 1 is 1.56 bits per heavy atom. The Bertz CT molecular complexity index is 406. The predicted octanol–water partition coefficient (Wildman–Crippen LogP) is 0.958. The molecule has 6 nitrogen and oxygen atoms in total. The molecule has 1 aliphatic heterocycles. The third kappa shape index (κ3) is 1.78. The van der Waals surface area contributed by atoms with E-state index in [-0.39, 0.29) is 6.03 Å². The van der Waals surface area contributed by atoms with Crippen molar-refractivity contribution in [1.82, 2.24) is 15.3 Å². The van der Waals surface area contributed by atoms with Gasteiger partial charge in [-0.05, 0) is 13.8 Å². The molecule has 0 saturated heterocycles. The number of nitrogens with one attached hydrogen (secondary N) is 2. The standard InChI is InChI=1S/C10H15N5O/c1-3-11-9-12-5-7-6-13-10(16)15(4-2)8(7)14-9/h5H,3-4,6H2,1-2H3,(H,13,16)(H,11,12,14). The molecule has 6 heteroatoms. The predicted molar refractivity (Wildman–Crippen MR) is 61.5 cm³/mol. The summed E-state index contributed by atoms with van der Waals surface area (Å²) in [7, 11) is 0. The summed E-state index contributed by atoms with van der Waals surface area (Å²) in [6.07, 6.45) is 1.75. The highest BCUT2D eigenvalue weighted by Gasteiger charge is 2.24. The smallest absolute Gasteiger partial charge is 0.323 e. The van der Waals surface area contributed by atoms with E-state index in [4.69, 9.17) is 0 Å². The van der Waals surface area contributed by atoms with Crippen molar-refractivity contribution in [2.75, 3.05) is 23.3 Å². The number of carbonyl (C=O) groups excluding carboxylic acids is 1. The Morgan fingerprint density at radius 2 is 2.38 bits per heavy atom. The highest BCUT2D eigenvalue weighted by Crippen LogP contribution is 2.22. The second-order valence-corrected chi connectivity index (χ2v) is 3.48. The van der Waals surface area contributed by atoms with Crippen molar-refractivity contribution in [3.05, 3.63) is 11.8 Å². The second kappa shape index (κ2) is 4.34. The maximum absolute atomic E-state index is 11.6. The Labute approximate surface area is 94.1 Å². The quantitative estimate of drug-likeness (QED) is 0.797. The van der Waals surface area contributed by atoms with Crippen LogP contribution in [0, 0.1) is 0 Å². The molecule has 0 saturated carbocycles. The zero-order valence-electron chi connectivity index (χ0n) is 9.45. The Morgan fingerprint density at radius 3 is 3.06 bits per heavy atom. The van der Waals surface area contributed by atoms with Gasteiger partial charge in [0.1, 0.15) is 5.82 Å². The van der Waals surface area contributed by atoms with Gasteiger partial charge in [0.15, 0.2) is 0 Å². The van der Waals surface area contributed by atoms with Crippen LogP contribution in [0.1, 0.15) is 19.4 Å². The van der Waals surface area contributed by atoms with Crippen LogP contribution in [0.3, 0.4) is 0 Å². The summed E-state index contributed by atoms with van der Waals surface area (Å²) in [6.45, 7) is 5.76. The van der Waals surface area contributed by atoms with E-state index in [1.165, 1.54) is 0 Å². The van der Waals surface area contributed by atoms with Gasteiger partial charge < -0.3 is 10.6 Å². The number of hydrogen-bond donors (Lipinski definition) is 2. The lowest BCUT2D eigenvalue weighted by Gasteiger charge is -2.27. The van der Waals surface area contributed by atoms with Gasteiger partial charge in [-0.3, -0.25) is 4.90 Å². The van der Waals surface area contributed by atoms with Crippen LogP contribution in [-0.4, -0.2) is 29.1 Å². The maximum atomic E-state index is 11.6. The maximum Gasteiger partial charge on any atom is 0.323 e. The number of nitrogens with zero attached hydrogens (tertiary/aromatic N) is 3. The van der Waals surface area contributed by atoms with Crippen molar-refractivity contribution in [2.45, 2.75) is 20.4 Å². The molecule has 0 unspecified atom stereocenters. The van der Waals surface area contributed by atoms with E-state index >= 15 is 0 Å². The highest BCUT2D eigenvalue weighted by atomic mass is 16.2. The first-order chi connectivity index (χ1) is 7.76. The van der Waals surface area contributed by atoms with Crippen molar-refractivity contribution in [1.29, 1.82) is 0 Å².